The van der Waals surface area contributed by atoms with Crippen LogP contribution in [-0.2, 0) is 10.2 Å². The average molecular weight is 339 g/mol. The quantitative estimate of drug-likeness (QED) is 0.784. The molecule has 7 heteroatoms. The van der Waals surface area contributed by atoms with Gasteiger partial charge < -0.3 is 9.64 Å². The van der Waals surface area contributed by atoms with Crippen LogP contribution < -0.4 is 0 Å². The lowest BCUT2D eigenvalue weighted by molar-refractivity contribution is -0.00116. The van der Waals surface area contributed by atoms with Crippen molar-refractivity contribution in [1.29, 1.82) is 5.26 Å². The van der Waals surface area contributed by atoms with E-state index >= 15 is 0 Å². The van der Waals surface area contributed by atoms with Crippen molar-refractivity contribution >= 4 is 22.0 Å². The first-order valence-electron chi connectivity index (χ1n) is 6.14. The summed E-state index contributed by atoms with van der Waals surface area (Å²) in [7, 11) is 0. The van der Waals surface area contributed by atoms with Gasteiger partial charge in [0.05, 0.1) is 24.9 Å². The van der Waals surface area contributed by atoms with Crippen molar-refractivity contribution in [3.05, 3.63) is 22.7 Å². The van der Waals surface area contributed by atoms with Crippen LogP contribution in [0, 0.1) is 11.3 Å². The molecule has 2 heterocycles. The Morgan fingerprint density at radius 3 is 2.55 bits per heavy atom. The third-order valence-electron chi connectivity index (χ3n) is 2.89. The molecule has 0 N–H and O–H groups in total. The zero-order valence-corrected chi connectivity index (χ0v) is 13.1. The van der Waals surface area contributed by atoms with Gasteiger partial charge in [-0.15, -0.1) is 0 Å². The van der Waals surface area contributed by atoms with E-state index in [-0.39, 0.29) is 13.1 Å². The molecule has 1 amide bonds. The van der Waals surface area contributed by atoms with Crippen LogP contribution in [0.4, 0.5) is 4.79 Å². The number of halogens is 1. The van der Waals surface area contributed by atoms with Gasteiger partial charge in [-0.1, -0.05) is 0 Å². The molecule has 0 aromatic carbocycles. The number of carbonyl (C=O) groups is 1. The number of carbonyl (C=O) groups excluding carboxylic acids is 1. The predicted octanol–water partition coefficient (Wildman–Crippen LogP) is 2.25. The second kappa shape index (κ2) is 5.02. The maximum atomic E-state index is 11.9. The van der Waals surface area contributed by atoms with E-state index in [9.17, 15) is 10.1 Å². The monoisotopic (exact) mass is 338 g/mol. The summed E-state index contributed by atoms with van der Waals surface area (Å²) in [5.74, 6) is 0. The molecular formula is C13H15BrN4O2. The van der Waals surface area contributed by atoms with Gasteiger partial charge in [-0.3, -0.25) is 4.98 Å². The summed E-state index contributed by atoms with van der Waals surface area (Å²) >= 11 is 3.29. The zero-order valence-electron chi connectivity index (χ0n) is 11.6. The molecule has 1 saturated heterocycles. The zero-order chi connectivity index (χ0) is 15.0. The second-order valence-electron chi connectivity index (χ2n) is 5.73. The van der Waals surface area contributed by atoms with E-state index < -0.39 is 17.1 Å². The van der Waals surface area contributed by atoms with Crippen molar-refractivity contribution in [1.82, 2.24) is 14.9 Å². The Morgan fingerprint density at radius 1 is 1.45 bits per heavy atom. The summed E-state index contributed by atoms with van der Waals surface area (Å²) in [6.07, 6.45) is 2.67. The number of nitrogens with zero attached hydrogens (tertiary/aromatic N) is 4. The number of rotatable bonds is 1. The molecule has 1 fully saturated rings. The van der Waals surface area contributed by atoms with E-state index in [1.54, 1.807) is 6.20 Å². The molecule has 0 spiro atoms. The van der Waals surface area contributed by atoms with Crippen molar-refractivity contribution in [2.24, 2.45) is 0 Å². The van der Waals surface area contributed by atoms with E-state index in [4.69, 9.17) is 4.74 Å². The number of ether oxygens (including phenoxy) is 1. The number of nitriles is 1. The first-order valence-corrected chi connectivity index (χ1v) is 6.93. The summed E-state index contributed by atoms with van der Waals surface area (Å²) in [5, 5.41) is 9.43. The molecule has 0 aliphatic carbocycles. The summed E-state index contributed by atoms with van der Waals surface area (Å²) in [6.45, 7) is 5.94. The summed E-state index contributed by atoms with van der Waals surface area (Å²) < 4.78 is 5.81. The van der Waals surface area contributed by atoms with E-state index in [1.165, 1.54) is 11.1 Å². The van der Waals surface area contributed by atoms with E-state index in [1.807, 2.05) is 20.8 Å². The lowest BCUT2D eigenvalue weighted by atomic mass is 9.78. The normalized spacial score (nSPS) is 17.1. The molecule has 0 radical (unpaired) electrons. The highest BCUT2D eigenvalue weighted by Gasteiger charge is 2.50. The maximum absolute atomic E-state index is 11.9. The minimum atomic E-state index is -0.815. The molecule has 0 bridgehead atoms. The topological polar surface area (TPSA) is 79.1 Å². The lowest BCUT2D eigenvalue weighted by Crippen LogP contribution is -2.61. The molecule has 1 aromatic heterocycles. The van der Waals surface area contributed by atoms with Gasteiger partial charge in [-0.25, -0.2) is 9.78 Å². The molecular weight excluding hydrogens is 324 g/mol. The lowest BCUT2D eigenvalue weighted by Gasteiger charge is -2.45. The average Bonchev–Trinajstić information content (AvgIpc) is 2.28. The fourth-order valence-electron chi connectivity index (χ4n) is 1.98. The Labute approximate surface area is 125 Å². The van der Waals surface area contributed by atoms with Crippen LogP contribution >= 0.6 is 15.9 Å². The predicted molar refractivity (Wildman–Crippen MR) is 74.8 cm³/mol. The molecule has 1 aliphatic rings. The summed E-state index contributed by atoms with van der Waals surface area (Å²) in [5.41, 5.74) is -0.804. The SMILES string of the molecule is CC(C)(C)OC(=O)N1CC(C#N)(c2nccnc2Br)C1. The van der Waals surface area contributed by atoms with Crippen LogP contribution in [0.1, 0.15) is 26.5 Å². The van der Waals surface area contributed by atoms with Gasteiger partial charge in [0.1, 0.15) is 15.6 Å². The van der Waals surface area contributed by atoms with Gasteiger partial charge >= 0.3 is 6.09 Å². The number of hydrogen-bond acceptors (Lipinski definition) is 5. The molecule has 1 aliphatic heterocycles. The van der Waals surface area contributed by atoms with Crippen molar-refractivity contribution in [2.75, 3.05) is 13.1 Å². The van der Waals surface area contributed by atoms with E-state index in [2.05, 4.69) is 32.0 Å². The Bertz CT molecular complexity index is 570. The third-order valence-corrected chi connectivity index (χ3v) is 3.47. The fraction of sp³-hybridized carbons (Fsp3) is 0.538. The molecule has 106 valence electrons. The van der Waals surface area contributed by atoms with Gasteiger partial charge in [0.25, 0.3) is 0 Å². The van der Waals surface area contributed by atoms with Crippen LogP contribution in [-0.4, -0.2) is 39.7 Å². The Kier molecular flexibility index (Phi) is 3.69. The number of hydrogen-bond donors (Lipinski definition) is 0. The highest BCUT2D eigenvalue weighted by Crippen LogP contribution is 2.36. The second-order valence-corrected chi connectivity index (χ2v) is 6.48. The Hall–Kier alpha value is -1.68. The van der Waals surface area contributed by atoms with E-state index in [0.29, 0.717) is 10.3 Å². The molecule has 0 saturated carbocycles. The molecule has 0 atom stereocenters. The molecule has 20 heavy (non-hydrogen) atoms. The number of aromatic nitrogens is 2. The van der Waals surface area contributed by atoms with Crippen LogP contribution in [0.15, 0.2) is 17.0 Å². The van der Waals surface area contributed by atoms with Crippen molar-refractivity contribution in [3.8, 4) is 6.07 Å². The Morgan fingerprint density at radius 2 is 2.05 bits per heavy atom. The third kappa shape index (κ3) is 2.75. The van der Waals surface area contributed by atoms with E-state index in [0.717, 1.165) is 0 Å². The molecule has 2 rings (SSSR count). The van der Waals surface area contributed by atoms with Crippen molar-refractivity contribution < 1.29 is 9.53 Å². The van der Waals surface area contributed by atoms with Gasteiger partial charge in [0, 0.05) is 12.4 Å². The molecule has 6 nitrogen and oxygen atoms in total. The number of amides is 1. The smallest absolute Gasteiger partial charge is 0.410 e. The highest BCUT2D eigenvalue weighted by atomic mass is 79.9. The van der Waals surface area contributed by atoms with Gasteiger partial charge in [-0.05, 0) is 36.7 Å². The van der Waals surface area contributed by atoms with Gasteiger partial charge in [-0.2, -0.15) is 5.26 Å². The number of likely N-dealkylation sites (tertiary alicyclic amines) is 1. The fourth-order valence-corrected chi connectivity index (χ4v) is 2.58. The van der Waals surface area contributed by atoms with Crippen LogP contribution in [0.25, 0.3) is 0 Å². The minimum absolute atomic E-state index is 0.260. The van der Waals surface area contributed by atoms with Crippen LogP contribution in [0.2, 0.25) is 0 Å². The first kappa shape index (κ1) is 14.7. The largest absolute Gasteiger partial charge is 0.444 e. The van der Waals surface area contributed by atoms with Crippen LogP contribution in [0.3, 0.4) is 0 Å². The van der Waals surface area contributed by atoms with Crippen molar-refractivity contribution in [2.45, 2.75) is 31.8 Å². The van der Waals surface area contributed by atoms with Crippen LogP contribution in [0.5, 0.6) is 0 Å². The first-order chi connectivity index (χ1) is 9.27. The Balaban J connectivity index is 2.12. The molecule has 0 unspecified atom stereocenters. The van der Waals surface area contributed by atoms with Crippen molar-refractivity contribution in [3.63, 3.8) is 0 Å². The highest BCUT2D eigenvalue weighted by molar-refractivity contribution is 9.10. The maximum Gasteiger partial charge on any atom is 0.410 e. The van der Waals surface area contributed by atoms with Gasteiger partial charge in [0.15, 0.2) is 0 Å². The van der Waals surface area contributed by atoms with Gasteiger partial charge in [0.2, 0.25) is 0 Å². The molecule has 1 aromatic rings. The minimum Gasteiger partial charge on any atom is -0.444 e. The summed E-state index contributed by atoms with van der Waals surface area (Å²) in [6, 6.07) is 2.24. The summed E-state index contributed by atoms with van der Waals surface area (Å²) in [4.78, 5) is 21.7. The standard InChI is InChI=1S/C13H15BrN4O2/c1-12(2,3)20-11(19)18-7-13(6-15,8-18)9-10(14)17-5-4-16-9/h4-5H,7-8H2,1-3H3.